The summed E-state index contributed by atoms with van der Waals surface area (Å²) in [4.78, 5) is 13.7. The molecule has 4 heteroatoms. The van der Waals surface area contributed by atoms with Gasteiger partial charge in [-0.05, 0) is 104 Å². The number of ether oxygens (including phenoxy) is 1. The molecule has 0 aromatic heterocycles. The number of carbonyl (C=O) groups is 1. The normalized spacial score (nSPS) is 38.0. The van der Waals surface area contributed by atoms with Crippen LogP contribution in [0.1, 0.15) is 104 Å². The molecule has 0 amide bonds. The maximum absolute atomic E-state index is 16.1. The smallest absolute Gasteiger partial charge is 0.165 e. The van der Waals surface area contributed by atoms with Crippen LogP contribution >= 0.6 is 0 Å². The number of ketones is 1. The van der Waals surface area contributed by atoms with Gasteiger partial charge in [-0.3, -0.25) is 4.79 Å². The van der Waals surface area contributed by atoms with E-state index in [0.717, 1.165) is 62.5 Å². The van der Waals surface area contributed by atoms with Crippen molar-refractivity contribution in [2.24, 2.45) is 40.4 Å². The molecule has 0 saturated heterocycles. The van der Waals surface area contributed by atoms with E-state index in [1.807, 2.05) is 44.2 Å². The minimum absolute atomic E-state index is 0.0285. The molecule has 0 unspecified atom stereocenters. The van der Waals surface area contributed by atoms with Crippen molar-refractivity contribution < 1.29 is 19.0 Å². The predicted octanol–water partition coefficient (Wildman–Crippen LogP) is 8.20. The number of allylic oxidation sites excluding steroid dienone is 2. The summed E-state index contributed by atoms with van der Waals surface area (Å²) in [5.74, 6) is 1.56. The second kappa shape index (κ2) is 10.5. The van der Waals surface area contributed by atoms with Crippen molar-refractivity contribution in [2.45, 2.75) is 117 Å². The number of fused-ring (bicyclic) bond motifs is 5. The molecule has 4 aliphatic rings. The second-order valence-electron chi connectivity index (χ2n) is 14.4. The lowest BCUT2D eigenvalue weighted by Gasteiger charge is -2.57. The Morgan fingerprint density at radius 3 is 2.42 bits per heavy atom. The van der Waals surface area contributed by atoms with Crippen molar-refractivity contribution in [1.29, 1.82) is 0 Å². The maximum Gasteiger partial charge on any atom is 0.165 e. The zero-order valence-corrected chi connectivity index (χ0v) is 24.3. The van der Waals surface area contributed by atoms with E-state index in [9.17, 15) is 9.90 Å². The molecular weight excluding hydrogens is 475 g/mol. The van der Waals surface area contributed by atoms with Crippen LogP contribution in [0.3, 0.4) is 0 Å². The lowest BCUT2D eigenvalue weighted by atomic mass is 9.47. The van der Waals surface area contributed by atoms with Gasteiger partial charge in [-0.2, -0.15) is 0 Å². The van der Waals surface area contributed by atoms with Crippen LogP contribution in [0.2, 0.25) is 0 Å². The SMILES string of the molecule is C[C@H](CCCC(C)(C)O)[C@H]1CC[C@H]2C3=C(F)C[C@H]4C(=O)[C@@H](OCc5ccccc5)CC[C@]4(C)[C@H]3CC[C@]12C. The van der Waals surface area contributed by atoms with Crippen LogP contribution in [0, 0.1) is 40.4 Å². The summed E-state index contributed by atoms with van der Waals surface area (Å²) >= 11 is 0. The minimum atomic E-state index is -0.606. The van der Waals surface area contributed by atoms with Crippen molar-refractivity contribution in [3.05, 3.63) is 47.3 Å². The second-order valence-corrected chi connectivity index (χ2v) is 14.4. The van der Waals surface area contributed by atoms with Crippen molar-refractivity contribution in [3.63, 3.8) is 0 Å². The van der Waals surface area contributed by atoms with Gasteiger partial charge in [0, 0.05) is 12.3 Å². The number of Topliss-reactive ketones (excluding diaryl/α,β-unsaturated/α-hetero) is 1. The Bertz CT molecular complexity index is 1040. The van der Waals surface area contributed by atoms with Crippen molar-refractivity contribution in [2.75, 3.05) is 0 Å². The number of aliphatic hydroxyl groups is 1. The molecular formula is C34H49FO3. The number of halogens is 1. The molecule has 3 nitrogen and oxygen atoms in total. The summed E-state index contributed by atoms with van der Waals surface area (Å²) in [5, 5.41) is 10.1. The Kier molecular flexibility index (Phi) is 7.72. The minimum Gasteiger partial charge on any atom is -0.390 e. The summed E-state index contributed by atoms with van der Waals surface area (Å²) in [6.07, 6.45) is 8.89. The monoisotopic (exact) mass is 524 g/mol. The number of hydrogen-bond donors (Lipinski definition) is 1. The summed E-state index contributed by atoms with van der Waals surface area (Å²) in [6.45, 7) is 11.3. The van der Waals surface area contributed by atoms with E-state index in [-0.39, 0.29) is 40.7 Å². The van der Waals surface area contributed by atoms with E-state index in [4.69, 9.17) is 4.74 Å². The molecule has 1 aromatic carbocycles. The molecule has 5 rings (SSSR count). The molecule has 38 heavy (non-hydrogen) atoms. The number of benzene rings is 1. The zero-order chi connectivity index (χ0) is 27.3. The predicted molar refractivity (Wildman–Crippen MR) is 150 cm³/mol. The van der Waals surface area contributed by atoms with Gasteiger partial charge >= 0.3 is 0 Å². The summed E-state index contributed by atoms with van der Waals surface area (Å²) < 4.78 is 22.3. The summed E-state index contributed by atoms with van der Waals surface area (Å²) in [6, 6.07) is 10.0. The first-order valence-electron chi connectivity index (χ1n) is 15.2. The standard InChI is InChI=1S/C34H49FO3/c1-22(10-9-17-32(2,3)37)24-13-14-25-30-26(15-18-33(24,25)4)34(5)19-16-29(31(36)27(34)20-28(30)35)38-21-23-11-7-6-8-12-23/h6-8,11-12,22,24-27,29,37H,9-10,13-21H2,1-5H3/t22-,24-,25+,26+,27+,29+,33-,34-/m1/s1. The topological polar surface area (TPSA) is 46.5 Å². The van der Waals surface area contributed by atoms with Crippen molar-refractivity contribution in [1.82, 2.24) is 0 Å². The third-order valence-electron chi connectivity index (χ3n) is 11.5. The molecule has 4 aliphatic carbocycles. The van der Waals surface area contributed by atoms with E-state index in [0.29, 0.717) is 24.4 Å². The van der Waals surface area contributed by atoms with Crippen LogP contribution in [0.25, 0.3) is 0 Å². The molecule has 0 spiro atoms. The van der Waals surface area contributed by atoms with Gasteiger partial charge in [0.1, 0.15) is 11.9 Å². The van der Waals surface area contributed by atoms with E-state index in [1.54, 1.807) is 0 Å². The maximum atomic E-state index is 16.1. The van der Waals surface area contributed by atoms with Crippen LogP contribution in [-0.2, 0) is 16.1 Å². The van der Waals surface area contributed by atoms with Gasteiger partial charge in [0.05, 0.1) is 12.2 Å². The Balaban J connectivity index is 1.31. The van der Waals surface area contributed by atoms with E-state index < -0.39 is 11.7 Å². The zero-order valence-electron chi connectivity index (χ0n) is 24.3. The van der Waals surface area contributed by atoms with Crippen molar-refractivity contribution >= 4 is 5.78 Å². The molecule has 0 bridgehead atoms. The molecule has 3 fully saturated rings. The highest BCUT2D eigenvalue weighted by atomic mass is 19.1. The van der Waals surface area contributed by atoms with Gasteiger partial charge in [-0.15, -0.1) is 0 Å². The molecule has 8 atom stereocenters. The largest absolute Gasteiger partial charge is 0.390 e. The van der Waals surface area contributed by atoms with E-state index in [1.165, 1.54) is 6.42 Å². The highest BCUT2D eigenvalue weighted by Crippen LogP contribution is 2.68. The highest BCUT2D eigenvalue weighted by molar-refractivity contribution is 5.87. The fourth-order valence-corrected chi connectivity index (χ4v) is 9.34. The number of carbonyl (C=O) groups excluding carboxylic acids is 1. The summed E-state index contributed by atoms with van der Waals surface area (Å²) in [7, 11) is 0. The Labute approximate surface area is 229 Å². The quantitative estimate of drug-likeness (QED) is 0.373. The van der Waals surface area contributed by atoms with Gasteiger partial charge in [-0.1, -0.05) is 63.9 Å². The van der Waals surface area contributed by atoms with Crippen LogP contribution in [0.4, 0.5) is 4.39 Å². The first-order valence-corrected chi connectivity index (χ1v) is 15.2. The van der Waals surface area contributed by atoms with Crippen LogP contribution < -0.4 is 0 Å². The van der Waals surface area contributed by atoms with Crippen LogP contribution in [0.5, 0.6) is 0 Å². The van der Waals surface area contributed by atoms with Gasteiger partial charge in [-0.25, -0.2) is 4.39 Å². The Morgan fingerprint density at radius 2 is 1.71 bits per heavy atom. The molecule has 0 heterocycles. The third-order valence-corrected chi connectivity index (χ3v) is 11.5. The average Bonchev–Trinajstić information content (AvgIpc) is 3.22. The van der Waals surface area contributed by atoms with Gasteiger partial charge in [0.15, 0.2) is 5.78 Å². The fraction of sp³-hybridized carbons (Fsp3) is 0.735. The fourth-order valence-electron chi connectivity index (χ4n) is 9.34. The molecule has 210 valence electrons. The Morgan fingerprint density at radius 1 is 1.03 bits per heavy atom. The van der Waals surface area contributed by atoms with Crippen LogP contribution in [-0.4, -0.2) is 22.6 Å². The average molecular weight is 525 g/mol. The van der Waals surface area contributed by atoms with E-state index >= 15 is 4.39 Å². The lowest BCUT2D eigenvalue weighted by molar-refractivity contribution is -0.151. The molecule has 1 aromatic rings. The van der Waals surface area contributed by atoms with E-state index in [2.05, 4.69) is 20.8 Å². The first-order chi connectivity index (χ1) is 17.9. The molecule has 1 N–H and O–H groups in total. The van der Waals surface area contributed by atoms with Crippen LogP contribution in [0.15, 0.2) is 41.7 Å². The van der Waals surface area contributed by atoms with Gasteiger partial charge in [0.25, 0.3) is 0 Å². The molecule has 0 aliphatic heterocycles. The Hall–Kier alpha value is -1.52. The summed E-state index contributed by atoms with van der Waals surface area (Å²) in [5.41, 5.74) is 1.54. The lowest BCUT2D eigenvalue weighted by Crippen LogP contribution is -2.54. The number of rotatable bonds is 8. The number of hydrogen-bond acceptors (Lipinski definition) is 3. The highest BCUT2D eigenvalue weighted by Gasteiger charge is 2.61. The first kappa shape index (κ1) is 28.0. The van der Waals surface area contributed by atoms with Gasteiger partial charge in [0.2, 0.25) is 0 Å². The molecule has 0 radical (unpaired) electrons. The van der Waals surface area contributed by atoms with Crippen molar-refractivity contribution in [3.8, 4) is 0 Å². The third kappa shape index (κ3) is 5.05. The molecule has 3 saturated carbocycles. The van der Waals surface area contributed by atoms with Gasteiger partial charge < -0.3 is 9.84 Å².